The first-order valence-corrected chi connectivity index (χ1v) is 5.23. The quantitative estimate of drug-likeness (QED) is 0.583. The highest BCUT2D eigenvalue weighted by Crippen LogP contribution is 2.12. The van der Waals surface area contributed by atoms with Crippen LogP contribution >= 0.6 is 11.8 Å². The molecule has 0 saturated heterocycles. The number of carbonyl (C=O) groups is 1. The van der Waals surface area contributed by atoms with Crippen LogP contribution in [0, 0.1) is 0 Å². The van der Waals surface area contributed by atoms with Crippen molar-refractivity contribution in [3.8, 4) is 0 Å². The van der Waals surface area contributed by atoms with Crippen LogP contribution in [-0.2, 0) is 4.79 Å². The van der Waals surface area contributed by atoms with Crippen molar-refractivity contribution in [3.63, 3.8) is 0 Å². The molecule has 0 fully saturated rings. The molecule has 0 heterocycles. The molecule has 0 aliphatic rings. The maximum atomic E-state index is 10.2. The first-order chi connectivity index (χ1) is 5.81. The second kappa shape index (κ2) is 5.47. The normalized spacial score (nSPS) is 14.2. The lowest BCUT2D eigenvalue weighted by Gasteiger charge is -2.18. The van der Waals surface area contributed by atoms with Crippen LogP contribution in [0.4, 0.5) is 0 Å². The molecule has 5 heteroatoms. The third-order valence-electron chi connectivity index (χ3n) is 1.19. The number of carboxylic acids is 1. The van der Waals surface area contributed by atoms with E-state index < -0.39 is 12.1 Å². The lowest BCUT2D eigenvalue weighted by atomic mass is 10.1. The summed E-state index contributed by atoms with van der Waals surface area (Å²) < 4.78 is 0. The largest absolute Gasteiger partial charge is 0.481 e. The molecule has 4 nitrogen and oxygen atoms in total. The van der Waals surface area contributed by atoms with Gasteiger partial charge in [0.15, 0.2) is 0 Å². The van der Waals surface area contributed by atoms with Gasteiger partial charge in [-0.3, -0.25) is 4.79 Å². The third kappa shape index (κ3) is 9.66. The molecule has 0 aliphatic carbocycles. The molecule has 1 atom stereocenters. The highest BCUT2D eigenvalue weighted by atomic mass is 32.2. The van der Waals surface area contributed by atoms with Gasteiger partial charge in [-0.1, -0.05) is 0 Å². The van der Waals surface area contributed by atoms with Gasteiger partial charge in [0.25, 0.3) is 0 Å². The Balaban J connectivity index is 3.48. The predicted molar refractivity (Wildman–Crippen MR) is 53.9 cm³/mol. The van der Waals surface area contributed by atoms with Gasteiger partial charge in [-0.15, -0.1) is 0 Å². The van der Waals surface area contributed by atoms with Crippen molar-refractivity contribution in [2.75, 3.05) is 11.5 Å². The Labute approximate surface area is 82.5 Å². The molecule has 0 aliphatic heterocycles. The zero-order valence-electron chi connectivity index (χ0n) is 7.99. The van der Waals surface area contributed by atoms with Crippen molar-refractivity contribution in [2.45, 2.75) is 31.9 Å². The van der Waals surface area contributed by atoms with Gasteiger partial charge < -0.3 is 15.9 Å². The van der Waals surface area contributed by atoms with E-state index in [1.807, 2.05) is 13.8 Å². The standard InChI is InChI=1S/C8H17NO3S/c1-8(2,9)5-13-4-6(10)3-7(11)12/h6,10H,3-5,9H2,1-2H3,(H,11,12). The summed E-state index contributed by atoms with van der Waals surface area (Å²) in [5.74, 6) is 0.163. The van der Waals surface area contributed by atoms with Gasteiger partial charge >= 0.3 is 5.97 Å². The Kier molecular flexibility index (Phi) is 5.36. The van der Waals surface area contributed by atoms with E-state index in [2.05, 4.69) is 0 Å². The van der Waals surface area contributed by atoms with E-state index in [-0.39, 0.29) is 12.0 Å². The van der Waals surface area contributed by atoms with E-state index >= 15 is 0 Å². The van der Waals surface area contributed by atoms with E-state index in [9.17, 15) is 9.90 Å². The number of thioether (sulfide) groups is 1. The number of carboxylic acid groups (broad SMARTS) is 1. The Morgan fingerprint density at radius 2 is 2.15 bits per heavy atom. The Morgan fingerprint density at radius 1 is 1.62 bits per heavy atom. The molecule has 0 saturated carbocycles. The summed E-state index contributed by atoms with van der Waals surface area (Å²) in [6.45, 7) is 3.78. The molecule has 78 valence electrons. The molecule has 0 rings (SSSR count). The average molecular weight is 207 g/mol. The van der Waals surface area contributed by atoms with Crippen molar-refractivity contribution in [2.24, 2.45) is 5.73 Å². The van der Waals surface area contributed by atoms with Crippen LogP contribution in [-0.4, -0.2) is 39.3 Å². The van der Waals surface area contributed by atoms with Gasteiger partial charge in [-0.2, -0.15) is 11.8 Å². The van der Waals surface area contributed by atoms with Crippen LogP contribution < -0.4 is 5.73 Å². The second-order valence-corrected chi connectivity index (χ2v) is 4.79. The molecule has 0 spiro atoms. The summed E-state index contributed by atoms with van der Waals surface area (Å²) in [4.78, 5) is 10.2. The monoisotopic (exact) mass is 207 g/mol. The minimum Gasteiger partial charge on any atom is -0.481 e. The van der Waals surface area contributed by atoms with Gasteiger partial charge in [0.1, 0.15) is 0 Å². The van der Waals surface area contributed by atoms with Gasteiger partial charge in [0.05, 0.1) is 12.5 Å². The number of hydrogen-bond acceptors (Lipinski definition) is 4. The smallest absolute Gasteiger partial charge is 0.306 e. The number of aliphatic hydroxyl groups is 1. The summed E-state index contributed by atoms with van der Waals surface area (Å²) in [5.41, 5.74) is 5.43. The first-order valence-electron chi connectivity index (χ1n) is 4.08. The highest BCUT2D eigenvalue weighted by Gasteiger charge is 2.13. The van der Waals surface area contributed by atoms with Gasteiger partial charge in [0.2, 0.25) is 0 Å². The molecular formula is C8H17NO3S. The number of aliphatic carboxylic acids is 1. The van der Waals surface area contributed by atoms with Crippen molar-refractivity contribution in [1.82, 2.24) is 0 Å². The Hall–Kier alpha value is -0.260. The topological polar surface area (TPSA) is 83.5 Å². The molecular weight excluding hydrogens is 190 g/mol. The Bertz CT molecular complexity index is 167. The fraction of sp³-hybridized carbons (Fsp3) is 0.875. The summed E-state index contributed by atoms with van der Waals surface area (Å²) in [7, 11) is 0. The van der Waals surface area contributed by atoms with E-state index in [0.29, 0.717) is 11.5 Å². The maximum Gasteiger partial charge on any atom is 0.306 e. The fourth-order valence-electron chi connectivity index (χ4n) is 0.719. The maximum absolute atomic E-state index is 10.2. The Morgan fingerprint density at radius 3 is 2.54 bits per heavy atom. The molecule has 4 N–H and O–H groups in total. The fourth-order valence-corrected chi connectivity index (χ4v) is 1.75. The van der Waals surface area contributed by atoms with Crippen LogP contribution in [0.15, 0.2) is 0 Å². The van der Waals surface area contributed by atoms with E-state index in [0.717, 1.165) is 0 Å². The number of rotatable bonds is 6. The summed E-state index contributed by atoms with van der Waals surface area (Å²) in [5, 5.41) is 17.5. The molecule has 0 bridgehead atoms. The first kappa shape index (κ1) is 12.7. The third-order valence-corrected chi connectivity index (χ3v) is 2.76. The second-order valence-electron chi connectivity index (χ2n) is 3.76. The SMILES string of the molecule is CC(C)(N)CSCC(O)CC(=O)O. The molecule has 0 aromatic heterocycles. The van der Waals surface area contributed by atoms with Crippen molar-refractivity contribution in [1.29, 1.82) is 0 Å². The lowest BCUT2D eigenvalue weighted by molar-refractivity contribution is -0.138. The van der Waals surface area contributed by atoms with Gasteiger partial charge in [-0.25, -0.2) is 0 Å². The predicted octanol–water partition coefficient (Wildman–Crippen LogP) is 0.292. The van der Waals surface area contributed by atoms with Crippen molar-refractivity contribution < 1.29 is 15.0 Å². The van der Waals surface area contributed by atoms with Crippen molar-refractivity contribution >= 4 is 17.7 Å². The van der Waals surface area contributed by atoms with Crippen LogP contribution in [0.2, 0.25) is 0 Å². The molecule has 0 aromatic carbocycles. The van der Waals surface area contributed by atoms with E-state index in [4.69, 9.17) is 10.8 Å². The van der Waals surface area contributed by atoms with Gasteiger partial charge in [0, 0.05) is 17.0 Å². The lowest BCUT2D eigenvalue weighted by Crippen LogP contribution is -2.35. The number of aliphatic hydroxyl groups excluding tert-OH is 1. The van der Waals surface area contributed by atoms with Gasteiger partial charge in [-0.05, 0) is 13.8 Å². The molecule has 0 radical (unpaired) electrons. The minimum absolute atomic E-state index is 0.196. The van der Waals surface area contributed by atoms with E-state index in [1.165, 1.54) is 11.8 Å². The minimum atomic E-state index is -0.972. The molecule has 0 amide bonds. The van der Waals surface area contributed by atoms with Crippen LogP contribution in [0.5, 0.6) is 0 Å². The van der Waals surface area contributed by atoms with Crippen LogP contribution in [0.3, 0.4) is 0 Å². The summed E-state index contributed by atoms with van der Waals surface area (Å²) in [6.07, 6.45) is -0.970. The molecule has 0 aromatic rings. The highest BCUT2D eigenvalue weighted by molar-refractivity contribution is 7.99. The summed E-state index contributed by atoms with van der Waals surface area (Å²) in [6, 6.07) is 0. The zero-order valence-corrected chi connectivity index (χ0v) is 8.80. The number of hydrogen-bond donors (Lipinski definition) is 3. The van der Waals surface area contributed by atoms with Crippen LogP contribution in [0.1, 0.15) is 20.3 Å². The molecule has 13 heavy (non-hydrogen) atoms. The van der Waals surface area contributed by atoms with Crippen LogP contribution in [0.25, 0.3) is 0 Å². The number of nitrogens with two attached hydrogens (primary N) is 1. The van der Waals surface area contributed by atoms with Crippen molar-refractivity contribution in [3.05, 3.63) is 0 Å². The van der Waals surface area contributed by atoms with E-state index in [1.54, 1.807) is 0 Å². The average Bonchev–Trinajstić information content (AvgIpc) is 1.81. The zero-order chi connectivity index (χ0) is 10.5. The molecule has 1 unspecified atom stereocenters. The summed E-state index contributed by atoms with van der Waals surface area (Å²) >= 11 is 1.47.